The second-order valence-corrected chi connectivity index (χ2v) is 5.54. The minimum atomic E-state index is -0.140. The highest BCUT2D eigenvalue weighted by Gasteiger charge is 2.17. The molecular weight excluding hydrogens is 265 g/mol. The molecule has 0 unspecified atom stereocenters. The van der Waals surface area contributed by atoms with Crippen molar-refractivity contribution >= 4 is 40.3 Å². The number of hydrogen-bond acceptors (Lipinski definition) is 3. The lowest BCUT2D eigenvalue weighted by atomic mass is 10.0. The van der Waals surface area contributed by atoms with Gasteiger partial charge in [-0.2, -0.15) is 0 Å². The fourth-order valence-corrected chi connectivity index (χ4v) is 2.80. The highest BCUT2D eigenvalue weighted by molar-refractivity contribution is 7.20. The molecular formula is C11H7Cl2NOS. The summed E-state index contributed by atoms with van der Waals surface area (Å²) < 4.78 is 0.924. The van der Waals surface area contributed by atoms with E-state index in [1.54, 1.807) is 24.5 Å². The standard InChI is InChI=1S/C11H7Cl2NOS/c1-6-2-3-14-5-8(6)10(15)7-4-9(12)16-11(7)13/h2-5H,1H3. The highest BCUT2D eigenvalue weighted by atomic mass is 35.5. The lowest BCUT2D eigenvalue weighted by Gasteiger charge is -2.02. The number of carbonyl (C=O) groups excluding carboxylic acids is 1. The summed E-state index contributed by atoms with van der Waals surface area (Å²) in [4.78, 5) is 16.1. The summed E-state index contributed by atoms with van der Waals surface area (Å²) in [6.07, 6.45) is 3.19. The van der Waals surface area contributed by atoms with E-state index in [9.17, 15) is 4.79 Å². The number of pyridine rings is 1. The van der Waals surface area contributed by atoms with Crippen molar-refractivity contribution in [2.45, 2.75) is 6.92 Å². The van der Waals surface area contributed by atoms with E-state index in [4.69, 9.17) is 23.2 Å². The van der Waals surface area contributed by atoms with Gasteiger partial charge in [-0.25, -0.2) is 0 Å². The summed E-state index contributed by atoms with van der Waals surface area (Å²) in [5.74, 6) is -0.140. The monoisotopic (exact) mass is 271 g/mol. The van der Waals surface area contributed by atoms with E-state index in [2.05, 4.69) is 4.98 Å². The molecule has 0 amide bonds. The summed E-state index contributed by atoms with van der Waals surface area (Å²) in [5, 5.41) is 0. The number of halogens is 2. The average Bonchev–Trinajstić information content (AvgIpc) is 2.58. The Hall–Kier alpha value is -0.900. The first-order valence-electron chi connectivity index (χ1n) is 4.49. The van der Waals surface area contributed by atoms with Crippen LogP contribution in [0.3, 0.4) is 0 Å². The fourth-order valence-electron chi connectivity index (χ4n) is 1.34. The van der Waals surface area contributed by atoms with Gasteiger partial charge in [0, 0.05) is 18.0 Å². The van der Waals surface area contributed by atoms with Crippen LogP contribution in [0.5, 0.6) is 0 Å². The van der Waals surface area contributed by atoms with E-state index in [1.165, 1.54) is 11.3 Å². The zero-order valence-corrected chi connectivity index (χ0v) is 10.7. The smallest absolute Gasteiger partial charge is 0.197 e. The zero-order valence-electron chi connectivity index (χ0n) is 8.33. The first-order valence-corrected chi connectivity index (χ1v) is 6.07. The van der Waals surface area contributed by atoms with Gasteiger partial charge in [-0.05, 0) is 24.6 Å². The molecule has 2 aromatic heterocycles. The van der Waals surface area contributed by atoms with Crippen LogP contribution in [0.4, 0.5) is 0 Å². The lowest BCUT2D eigenvalue weighted by molar-refractivity contribution is 0.103. The molecule has 0 aliphatic rings. The summed E-state index contributed by atoms with van der Waals surface area (Å²) in [6.45, 7) is 1.86. The van der Waals surface area contributed by atoms with Crippen LogP contribution in [0.2, 0.25) is 8.67 Å². The van der Waals surface area contributed by atoms with Gasteiger partial charge in [-0.3, -0.25) is 9.78 Å². The maximum atomic E-state index is 12.1. The first kappa shape index (κ1) is 11.6. The molecule has 0 bridgehead atoms. The molecule has 0 aliphatic carbocycles. The van der Waals surface area contributed by atoms with Crippen molar-refractivity contribution in [2.24, 2.45) is 0 Å². The van der Waals surface area contributed by atoms with E-state index in [1.807, 2.05) is 6.92 Å². The molecule has 82 valence electrons. The molecule has 0 radical (unpaired) electrons. The molecule has 0 saturated carbocycles. The normalized spacial score (nSPS) is 10.4. The third-order valence-corrected chi connectivity index (χ3v) is 3.67. The van der Waals surface area contributed by atoms with Crippen molar-refractivity contribution in [1.29, 1.82) is 0 Å². The molecule has 0 fully saturated rings. The van der Waals surface area contributed by atoms with E-state index in [0.29, 0.717) is 19.8 Å². The minimum absolute atomic E-state index is 0.140. The molecule has 2 aromatic rings. The van der Waals surface area contributed by atoms with Gasteiger partial charge in [-0.15, -0.1) is 11.3 Å². The van der Waals surface area contributed by atoms with Crippen LogP contribution in [0, 0.1) is 6.92 Å². The predicted octanol–water partition coefficient (Wildman–Crippen LogP) is 3.99. The Labute approximate surface area is 107 Å². The SMILES string of the molecule is Cc1ccncc1C(=O)c1cc(Cl)sc1Cl. The van der Waals surface area contributed by atoms with Crippen molar-refractivity contribution in [3.63, 3.8) is 0 Å². The molecule has 2 nitrogen and oxygen atoms in total. The Morgan fingerprint density at radius 2 is 2.12 bits per heavy atom. The van der Waals surface area contributed by atoms with E-state index in [-0.39, 0.29) is 5.78 Å². The molecule has 5 heteroatoms. The Morgan fingerprint density at radius 3 is 2.69 bits per heavy atom. The van der Waals surface area contributed by atoms with Crippen molar-refractivity contribution in [3.05, 3.63) is 49.9 Å². The number of hydrogen-bond donors (Lipinski definition) is 0. The van der Waals surface area contributed by atoms with Gasteiger partial charge in [0.05, 0.1) is 9.90 Å². The quantitative estimate of drug-likeness (QED) is 0.774. The van der Waals surface area contributed by atoms with Crippen LogP contribution in [-0.4, -0.2) is 10.8 Å². The molecule has 2 rings (SSSR count). The number of rotatable bonds is 2. The average molecular weight is 272 g/mol. The highest BCUT2D eigenvalue weighted by Crippen LogP contribution is 2.32. The van der Waals surface area contributed by atoms with Crippen molar-refractivity contribution < 1.29 is 4.79 Å². The van der Waals surface area contributed by atoms with Gasteiger partial charge in [0.2, 0.25) is 0 Å². The second-order valence-electron chi connectivity index (χ2n) is 3.26. The third kappa shape index (κ3) is 2.12. The van der Waals surface area contributed by atoms with Crippen LogP contribution in [0.25, 0.3) is 0 Å². The second kappa shape index (κ2) is 4.53. The van der Waals surface area contributed by atoms with Crippen molar-refractivity contribution in [2.75, 3.05) is 0 Å². The van der Waals surface area contributed by atoms with Crippen LogP contribution < -0.4 is 0 Å². The van der Waals surface area contributed by atoms with E-state index in [0.717, 1.165) is 5.56 Å². The summed E-state index contributed by atoms with van der Waals surface area (Å²) in [6, 6.07) is 3.37. The number of carbonyl (C=O) groups is 1. The summed E-state index contributed by atoms with van der Waals surface area (Å²) >= 11 is 12.9. The number of aryl methyl sites for hydroxylation is 1. The number of ketones is 1. The number of thiophene rings is 1. The van der Waals surface area contributed by atoms with Gasteiger partial charge in [0.25, 0.3) is 0 Å². The Morgan fingerprint density at radius 1 is 1.38 bits per heavy atom. The summed E-state index contributed by atoms with van der Waals surface area (Å²) in [7, 11) is 0. The topological polar surface area (TPSA) is 30.0 Å². The fraction of sp³-hybridized carbons (Fsp3) is 0.0909. The van der Waals surface area contributed by atoms with Gasteiger partial charge in [-0.1, -0.05) is 23.2 Å². The van der Waals surface area contributed by atoms with Crippen LogP contribution >= 0.6 is 34.5 Å². The molecule has 0 spiro atoms. The molecule has 0 aliphatic heterocycles. The number of aromatic nitrogens is 1. The Balaban J connectivity index is 2.47. The largest absolute Gasteiger partial charge is 0.288 e. The summed E-state index contributed by atoms with van der Waals surface area (Å²) in [5.41, 5.74) is 1.87. The molecule has 0 aromatic carbocycles. The van der Waals surface area contributed by atoms with Gasteiger partial charge in [0.1, 0.15) is 4.34 Å². The minimum Gasteiger partial charge on any atom is -0.288 e. The maximum absolute atomic E-state index is 12.1. The van der Waals surface area contributed by atoms with E-state index >= 15 is 0 Å². The Bertz CT molecular complexity index is 551. The maximum Gasteiger partial charge on any atom is 0.197 e. The van der Waals surface area contributed by atoms with Gasteiger partial charge in [0.15, 0.2) is 5.78 Å². The first-order chi connectivity index (χ1) is 7.59. The predicted molar refractivity (Wildman–Crippen MR) is 66.7 cm³/mol. The molecule has 2 heterocycles. The lowest BCUT2D eigenvalue weighted by Crippen LogP contribution is -2.03. The Kier molecular flexibility index (Phi) is 3.28. The van der Waals surface area contributed by atoms with Gasteiger partial charge < -0.3 is 0 Å². The number of nitrogens with zero attached hydrogens (tertiary/aromatic N) is 1. The molecule has 0 saturated heterocycles. The van der Waals surface area contributed by atoms with Crippen molar-refractivity contribution in [1.82, 2.24) is 4.98 Å². The molecule has 0 atom stereocenters. The van der Waals surface area contributed by atoms with Crippen LogP contribution in [0.1, 0.15) is 21.5 Å². The van der Waals surface area contributed by atoms with Crippen LogP contribution in [-0.2, 0) is 0 Å². The third-order valence-electron chi connectivity index (χ3n) is 2.19. The van der Waals surface area contributed by atoms with Crippen molar-refractivity contribution in [3.8, 4) is 0 Å². The van der Waals surface area contributed by atoms with Gasteiger partial charge >= 0.3 is 0 Å². The molecule has 16 heavy (non-hydrogen) atoms. The van der Waals surface area contributed by atoms with Crippen LogP contribution in [0.15, 0.2) is 24.5 Å². The zero-order chi connectivity index (χ0) is 11.7. The molecule has 0 N–H and O–H groups in total. The van der Waals surface area contributed by atoms with E-state index < -0.39 is 0 Å².